The summed E-state index contributed by atoms with van der Waals surface area (Å²) in [6.07, 6.45) is 0.552. The van der Waals surface area contributed by atoms with Crippen molar-refractivity contribution in [1.82, 2.24) is 5.32 Å². The minimum atomic E-state index is 0.334. The maximum absolute atomic E-state index is 8.58. The number of benzene rings is 2. The lowest BCUT2D eigenvalue weighted by molar-refractivity contribution is 0.642. The third-order valence-corrected chi connectivity index (χ3v) is 3.17. The Morgan fingerprint density at radius 1 is 0.895 bits per heavy atom. The molecule has 0 spiro atoms. The Balaban J connectivity index is 2.13. The molecule has 2 heteroatoms. The van der Waals surface area contributed by atoms with Gasteiger partial charge in [-0.3, -0.25) is 0 Å². The van der Waals surface area contributed by atoms with Crippen LogP contribution in [0.1, 0.15) is 23.5 Å². The van der Waals surface area contributed by atoms with E-state index in [0.29, 0.717) is 12.3 Å². The van der Waals surface area contributed by atoms with Gasteiger partial charge in [0, 0.05) is 25.4 Å². The molecule has 1 N–H and O–H groups in total. The van der Waals surface area contributed by atoms with Crippen LogP contribution in [0.2, 0.25) is 0 Å². The Morgan fingerprint density at radius 3 is 1.89 bits per heavy atom. The summed E-state index contributed by atoms with van der Waals surface area (Å²) < 4.78 is 0. The minimum absolute atomic E-state index is 0.334. The molecule has 2 rings (SSSR count). The zero-order valence-electron chi connectivity index (χ0n) is 10.9. The van der Waals surface area contributed by atoms with Crippen LogP contribution >= 0.6 is 0 Å². The van der Waals surface area contributed by atoms with Gasteiger partial charge in [-0.1, -0.05) is 60.7 Å². The van der Waals surface area contributed by atoms with Crippen molar-refractivity contribution in [2.24, 2.45) is 0 Å². The summed E-state index contributed by atoms with van der Waals surface area (Å²) in [6, 6.07) is 23.1. The normalized spacial score (nSPS) is 10.3. The largest absolute Gasteiger partial charge is 0.315 e. The zero-order chi connectivity index (χ0) is 13.3. The highest BCUT2D eigenvalue weighted by molar-refractivity contribution is 5.32. The van der Waals surface area contributed by atoms with E-state index in [9.17, 15) is 0 Å². The van der Waals surface area contributed by atoms with Crippen LogP contribution in [0.3, 0.4) is 0 Å². The molecule has 0 aliphatic heterocycles. The monoisotopic (exact) mass is 250 g/mol. The van der Waals surface area contributed by atoms with Crippen LogP contribution in [0.5, 0.6) is 0 Å². The number of nitriles is 1. The zero-order valence-corrected chi connectivity index (χ0v) is 10.9. The molecule has 0 aliphatic rings. The molecule has 0 fully saturated rings. The second-order valence-electron chi connectivity index (χ2n) is 4.49. The van der Waals surface area contributed by atoms with E-state index in [4.69, 9.17) is 5.26 Å². The number of rotatable bonds is 6. The molecule has 0 saturated carbocycles. The first-order valence-electron chi connectivity index (χ1n) is 6.59. The van der Waals surface area contributed by atoms with Crippen molar-refractivity contribution in [3.8, 4) is 6.07 Å². The summed E-state index contributed by atoms with van der Waals surface area (Å²) in [6.45, 7) is 1.60. The molecule has 0 bridgehead atoms. The number of nitrogens with one attached hydrogen (secondary N) is 1. The van der Waals surface area contributed by atoms with Crippen molar-refractivity contribution < 1.29 is 0 Å². The quantitative estimate of drug-likeness (QED) is 0.798. The molecule has 0 amide bonds. The first-order valence-corrected chi connectivity index (χ1v) is 6.59. The fraction of sp³-hybridized carbons (Fsp3) is 0.235. The molecule has 96 valence electrons. The molecule has 0 aliphatic carbocycles. The van der Waals surface area contributed by atoms with Crippen LogP contribution in [0.15, 0.2) is 60.7 Å². The lowest BCUT2D eigenvalue weighted by atomic mass is 9.91. The molecule has 0 radical (unpaired) electrons. The van der Waals surface area contributed by atoms with Crippen molar-refractivity contribution in [2.45, 2.75) is 12.3 Å². The topological polar surface area (TPSA) is 35.8 Å². The predicted octanol–water partition coefficient (Wildman–Crippen LogP) is 3.32. The van der Waals surface area contributed by atoms with E-state index in [2.05, 4.69) is 59.9 Å². The van der Waals surface area contributed by atoms with Crippen LogP contribution < -0.4 is 5.32 Å². The summed E-state index contributed by atoms with van der Waals surface area (Å²) in [7, 11) is 0. The third kappa shape index (κ3) is 3.94. The van der Waals surface area contributed by atoms with Gasteiger partial charge in [0.15, 0.2) is 0 Å². The van der Waals surface area contributed by atoms with Crippen LogP contribution in [-0.2, 0) is 0 Å². The summed E-state index contributed by atoms with van der Waals surface area (Å²) in [5, 5.41) is 11.9. The van der Waals surface area contributed by atoms with Crippen LogP contribution in [0, 0.1) is 11.3 Å². The minimum Gasteiger partial charge on any atom is -0.315 e. The highest BCUT2D eigenvalue weighted by Crippen LogP contribution is 2.23. The number of hydrogen-bond acceptors (Lipinski definition) is 2. The van der Waals surface area contributed by atoms with E-state index in [0.717, 1.165) is 13.1 Å². The molecule has 0 saturated heterocycles. The molecule has 0 heterocycles. The van der Waals surface area contributed by atoms with Gasteiger partial charge < -0.3 is 5.32 Å². The SMILES string of the molecule is N#CCCNCC(c1ccccc1)c1ccccc1. The van der Waals surface area contributed by atoms with Gasteiger partial charge in [0.2, 0.25) is 0 Å². The van der Waals surface area contributed by atoms with Crippen molar-refractivity contribution in [2.75, 3.05) is 13.1 Å². The highest BCUT2D eigenvalue weighted by atomic mass is 14.9. The fourth-order valence-electron chi connectivity index (χ4n) is 2.19. The fourth-order valence-corrected chi connectivity index (χ4v) is 2.19. The van der Waals surface area contributed by atoms with E-state index in [1.807, 2.05) is 12.1 Å². The Kier molecular flexibility index (Phi) is 5.16. The summed E-state index contributed by atoms with van der Waals surface area (Å²) in [5.74, 6) is 0.334. The first kappa shape index (κ1) is 13.3. The Morgan fingerprint density at radius 2 is 1.42 bits per heavy atom. The maximum Gasteiger partial charge on any atom is 0.0635 e. The summed E-state index contributed by atoms with van der Waals surface area (Å²) in [5.41, 5.74) is 2.61. The van der Waals surface area contributed by atoms with Crippen molar-refractivity contribution in [3.05, 3.63) is 71.8 Å². The van der Waals surface area contributed by atoms with Crippen molar-refractivity contribution in [1.29, 1.82) is 5.26 Å². The molecule has 2 nitrogen and oxygen atoms in total. The molecular formula is C17H18N2. The smallest absolute Gasteiger partial charge is 0.0635 e. The van der Waals surface area contributed by atoms with Gasteiger partial charge in [-0.15, -0.1) is 0 Å². The second-order valence-corrected chi connectivity index (χ2v) is 4.49. The molecule has 2 aromatic rings. The van der Waals surface area contributed by atoms with Crippen molar-refractivity contribution in [3.63, 3.8) is 0 Å². The van der Waals surface area contributed by atoms with Crippen LogP contribution in [0.25, 0.3) is 0 Å². The van der Waals surface area contributed by atoms with E-state index in [-0.39, 0.29) is 0 Å². The Bertz CT molecular complexity index is 474. The third-order valence-electron chi connectivity index (χ3n) is 3.17. The molecule has 0 unspecified atom stereocenters. The van der Waals surface area contributed by atoms with Crippen LogP contribution in [-0.4, -0.2) is 13.1 Å². The average Bonchev–Trinajstić information content (AvgIpc) is 2.49. The van der Waals surface area contributed by atoms with Crippen molar-refractivity contribution >= 4 is 0 Å². The molecule has 19 heavy (non-hydrogen) atoms. The lowest BCUT2D eigenvalue weighted by Gasteiger charge is -2.18. The summed E-state index contributed by atoms with van der Waals surface area (Å²) >= 11 is 0. The van der Waals surface area contributed by atoms with Gasteiger partial charge in [-0.2, -0.15) is 5.26 Å². The Hall–Kier alpha value is -2.11. The van der Waals surface area contributed by atoms with Crippen LogP contribution in [0.4, 0.5) is 0 Å². The molecule has 0 aromatic heterocycles. The van der Waals surface area contributed by atoms with Gasteiger partial charge in [0.1, 0.15) is 0 Å². The molecule has 2 aromatic carbocycles. The average molecular weight is 250 g/mol. The second kappa shape index (κ2) is 7.35. The van der Waals surface area contributed by atoms with E-state index >= 15 is 0 Å². The molecular weight excluding hydrogens is 232 g/mol. The van der Waals surface area contributed by atoms with Gasteiger partial charge in [-0.05, 0) is 11.1 Å². The lowest BCUT2D eigenvalue weighted by Crippen LogP contribution is -2.23. The van der Waals surface area contributed by atoms with E-state index < -0.39 is 0 Å². The standard InChI is InChI=1S/C17H18N2/c18-12-7-13-19-14-17(15-8-3-1-4-9-15)16-10-5-2-6-11-16/h1-6,8-11,17,19H,7,13-14H2. The maximum atomic E-state index is 8.58. The summed E-state index contributed by atoms with van der Waals surface area (Å²) in [4.78, 5) is 0. The van der Waals surface area contributed by atoms with Gasteiger partial charge in [0.05, 0.1) is 6.07 Å². The van der Waals surface area contributed by atoms with Gasteiger partial charge >= 0.3 is 0 Å². The van der Waals surface area contributed by atoms with Gasteiger partial charge in [0.25, 0.3) is 0 Å². The van der Waals surface area contributed by atoms with E-state index in [1.165, 1.54) is 11.1 Å². The number of nitrogens with zero attached hydrogens (tertiary/aromatic N) is 1. The predicted molar refractivity (Wildman–Crippen MR) is 77.8 cm³/mol. The van der Waals surface area contributed by atoms with Gasteiger partial charge in [-0.25, -0.2) is 0 Å². The molecule has 0 atom stereocenters. The first-order chi connectivity index (χ1) is 9.42. The Labute approximate surface area is 114 Å². The number of hydrogen-bond donors (Lipinski definition) is 1. The van der Waals surface area contributed by atoms with E-state index in [1.54, 1.807) is 0 Å². The highest BCUT2D eigenvalue weighted by Gasteiger charge is 2.12.